The summed E-state index contributed by atoms with van der Waals surface area (Å²) in [4.78, 5) is 4.35. The number of fused-ring (bicyclic) bond motifs is 1. The van der Waals surface area contributed by atoms with Crippen molar-refractivity contribution in [1.82, 2.24) is 4.98 Å². The molecule has 0 unspecified atom stereocenters. The average Bonchev–Trinajstić information content (AvgIpc) is 3.10. The van der Waals surface area contributed by atoms with E-state index in [2.05, 4.69) is 4.98 Å². The number of para-hydroxylation sites is 1. The fraction of sp³-hybridized carbons (Fsp3) is 0.0952. The largest absolute Gasteiger partial charge is 0.495 e. The first-order chi connectivity index (χ1) is 13.9. The molecule has 3 aromatic carbocycles. The van der Waals surface area contributed by atoms with Crippen LogP contribution in [0.15, 0.2) is 70.0 Å². The van der Waals surface area contributed by atoms with Crippen LogP contribution in [0.25, 0.3) is 22.6 Å². The fourth-order valence-corrected chi connectivity index (χ4v) is 4.15. The maximum atomic E-state index is 12.9. The van der Waals surface area contributed by atoms with Crippen LogP contribution >= 0.6 is 11.6 Å². The van der Waals surface area contributed by atoms with Crippen LogP contribution in [0.5, 0.6) is 11.5 Å². The van der Waals surface area contributed by atoms with Gasteiger partial charge >= 0.3 is 10.1 Å². The lowest BCUT2D eigenvalue weighted by Crippen LogP contribution is -2.11. The molecule has 0 aliphatic heterocycles. The summed E-state index contributed by atoms with van der Waals surface area (Å²) in [7, 11) is -2.80. The Labute approximate surface area is 172 Å². The zero-order valence-electron chi connectivity index (χ0n) is 15.5. The van der Waals surface area contributed by atoms with Gasteiger partial charge in [-0.2, -0.15) is 8.42 Å². The van der Waals surface area contributed by atoms with Crippen molar-refractivity contribution in [2.45, 2.75) is 11.8 Å². The highest BCUT2D eigenvalue weighted by molar-refractivity contribution is 7.87. The molecule has 0 saturated heterocycles. The van der Waals surface area contributed by atoms with Gasteiger partial charge in [0.15, 0.2) is 11.3 Å². The van der Waals surface area contributed by atoms with E-state index in [1.54, 1.807) is 24.3 Å². The Hall–Kier alpha value is -3.03. The molecule has 0 fully saturated rings. The summed E-state index contributed by atoms with van der Waals surface area (Å²) >= 11 is 6.09. The lowest BCUT2D eigenvalue weighted by atomic mass is 10.2. The SMILES string of the molecule is COc1ccccc1S(=O)(=O)Oc1cc(Cl)ccc1-c1nc2ccc(C)cc2o1. The van der Waals surface area contributed by atoms with E-state index in [4.69, 9.17) is 24.9 Å². The molecule has 0 radical (unpaired) electrons. The number of hydrogen-bond acceptors (Lipinski definition) is 6. The maximum Gasteiger partial charge on any atom is 0.342 e. The maximum absolute atomic E-state index is 12.9. The van der Waals surface area contributed by atoms with E-state index in [-0.39, 0.29) is 22.3 Å². The first kappa shape index (κ1) is 19.3. The first-order valence-electron chi connectivity index (χ1n) is 8.62. The minimum absolute atomic E-state index is 0.00619. The van der Waals surface area contributed by atoms with Gasteiger partial charge in [0.25, 0.3) is 0 Å². The van der Waals surface area contributed by atoms with E-state index in [0.29, 0.717) is 21.7 Å². The number of benzene rings is 3. The normalized spacial score (nSPS) is 11.6. The Morgan fingerprint density at radius 1 is 1.00 bits per heavy atom. The molecule has 148 valence electrons. The van der Waals surface area contributed by atoms with Crippen LogP contribution in [0.4, 0.5) is 0 Å². The van der Waals surface area contributed by atoms with Crippen molar-refractivity contribution in [3.05, 3.63) is 71.2 Å². The summed E-state index contributed by atoms with van der Waals surface area (Å²) in [5.41, 5.74) is 2.63. The monoisotopic (exact) mass is 429 g/mol. The molecule has 4 aromatic rings. The molecule has 6 nitrogen and oxygen atoms in total. The molecule has 1 aromatic heterocycles. The van der Waals surface area contributed by atoms with Gasteiger partial charge in [-0.3, -0.25) is 0 Å². The second-order valence-electron chi connectivity index (χ2n) is 6.32. The highest BCUT2D eigenvalue weighted by Gasteiger charge is 2.24. The second kappa shape index (κ2) is 7.42. The molecule has 29 heavy (non-hydrogen) atoms. The van der Waals surface area contributed by atoms with Gasteiger partial charge in [-0.25, -0.2) is 4.98 Å². The second-order valence-corrected chi connectivity index (χ2v) is 8.27. The van der Waals surface area contributed by atoms with E-state index in [1.807, 2.05) is 25.1 Å². The Morgan fingerprint density at radius 3 is 2.59 bits per heavy atom. The van der Waals surface area contributed by atoms with Gasteiger partial charge in [-0.15, -0.1) is 0 Å². The Bertz CT molecular complexity index is 1310. The van der Waals surface area contributed by atoms with Gasteiger partial charge in [0.2, 0.25) is 5.89 Å². The Balaban J connectivity index is 1.81. The lowest BCUT2D eigenvalue weighted by molar-refractivity contribution is 0.398. The predicted molar refractivity (Wildman–Crippen MR) is 110 cm³/mol. The number of ether oxygens (including phenoxy) is 1. The van der Waals surface area contributed by atoms with Crippen LogP contribution < -0.4 is 8.92 Å². The van der Waals surface area contributed by atoms with Crippen molar-refractivity contribution in [2.24, 2.45) is 0 Å². The number of rotatable bonds is 5. The standard InChI is InChI=1S/C21H16ClNO5S/c1-13-7-10-16-19(11-13)27-21(23-16)15-9-8-14(22)12-18(15)28-29(24,25)20-6-4-3-5-17(20)26-2/h3-12H,1-2H3. The summed E-state index contributed by atoms with van der Waals surface area (Å²) in [5.74, 6) is 0.410. The van der Waals surface area contributed by atoms with E-state index in [0.717, 1.165) is 5.56 Å². The number of oxazole rings is 1. The Morgan fingerprint density at radius 2 is 1.79 bits per heavy atom. The molecule has 0 aliphatic rings. The first-order valence-corrected chi connectivity index (χ1v) is 10.4. The number of hydrogen-bond donors (Lipinski definition) is 0. The summed E-state index contributed by atoms with van der Waals surface area (Å²) in [5, 5.41) is 0.311. The van der Waals surface area contributed by atoms with Gasteiger partial charge in [-0.05, 0) is 48.9 Å². The van der Waals surface area contributed by atoms with Crippen LogP contribution in [0.3, 0.4) is 0 Å². The molecule has 0 bridgehead atoms. The number of aromatic nitrogens is 1. The van der Waals surface area contributed by atoms with Crippen molar-refractivity contribution in [3.63, 3.8) is 0 Å². The smallest absolute Gasteiger partial charge is 0.342 e. The zero-order valence-corrected chi connectivity index (χ0v) is 17.1. The van der Waals surface area contributed by atoms with E-state index in [1.165, 1.54) is 25.3 Å². The highest BCUT2D eigenvalue weighted by atomic mass is 35.5. The molecule has 0 N–H and O–H groups in total. The number of nitrogens with zero attached hydrogens (tertiary/aromatic N) is 1. The van der Waals surface area contributed by atoms with Crippen molar-refractivity contribution in [1.29, 1.82) is 0 Å². The van der Waals surface area contributed by atoms with Crippen molar-refractivity contribution in [2.75, 3.05) is 7.11 Å². The molecule has 0 amide bonds. The number of aryl methyl sites for hydroxylation is 1. The number of halogens is 1. The summed E-state index contributed by atoms with van der Waals surface area (Å²) < 4.78 is 42.2. The average molecular weight is 430 g/mol. The van der Waals surface area contributed by atoms with Gasteiger partial charge in [0.1, 0.15) is 16.2 Å². The van der Waals surface area contributed by atoms with Crippen LogP contribution in [0.2, 0.25) is 5.02 Å². The third-order valence-corrected chi connectivity index (χ3v) is 5.77. The van der Waals surface area contributed by atoms with Crippen LogP contribution in [-0.4, -0.2) is 20.5 Å². The molecule has 0 aliphatic carbocycles. The minimum atomic E-state index is -4.19. The summed E-state index contributed by atoms with van der Waals surface area (Å²) in [6, 6.07) is 16.4. The molecule has 0 saturated carbocycles. The van der Waals surface area contributed by atoms with Gasteiger partial charge in [0, 0.05) is 11.1 Å². The zero-order chi connectivity index (χ0) is 20.6. The third kappa shape index (κ3) is 3.79. The molecule has 4 rings (SSSR count). The molecule has 8 heteroatoms. The topological polar surface area (TPSA) is 78.6 Å². The molecule has 0 spiro atoms. The molecule has 0 atom stereocenters. The quantitative estimate of drug-likeness (QED) is 0.404. The van der Waals surface area contributed by atoms with E-state index in [9.17, 15) is 8.42 Å². The van der Waals surface area contributed by atoms with Crippen molar-refractivity contribution in [3.8, 4) is 23.0 Å². The molecular formula is C21H16ClNO5S. The van der Waals surface area contributed by atoms with Crippen molar-refractivity contribution < 1.29 is 21.8 Å². The van der Waals surface area contributed by atoms with Gasteiger partial charge in [0.05, 0.1) is 12.7 Å². The molecular weight excluding hydrogens is 414 g/mol. The molecule has 1 heterocycles. The summed E-state index contributed by atoms with van der Waals surface area (Å²) in [6.07, 6.45) is 0. The minimum Gasteiger partial charge on any atom is -0.495 e. The van der Waals surface area contributed by atoms with Gasteiger partial charge in [-0.1, -0.05) is 29.8 Å². The lowest BCUT2D eigenvalue weighted by Gasteiger charge is -2.12. The van der Waals surface area contributed by atoms with Crippen LogP contribution in [0.1, 0.15) is 5.56 Å². The fourth-order valence-electron chi connectivity index (χ4n) is 2.88. The third-order valence-electron chi connectivity index (χ3n) is 4.26. The van der Waals surface area contributed by atoms with Crippen LogP contribution in [-0.2, 0) is 10.1 Å². The van der Waals surface area contributed by atoms with Gasteiger partial charge < -0.3 is 13.3 Å². The number of methoxy groups -OCH3 is 1. The Kier molecular flexibility index (Phi) is 4.94. The van der Waals surface area contributed by atoms with Crippen molar-refractivity contribution >= 4 is 32.8 Å². The van der Waals surface area contributed by atoms with E-state index < -0.39 is 10.1 Å². The van der Waals surface area contributed by atoms with E-state index >= 15 is 0 Å². The highest BCUT2D eigenvalue weighted by Crippen LogP contribution is 2.36. The predicted octanol–water partition coefficient (Wildman–Crippen LogP) is 5.23. The van der Waals surface area contributed by atoms with Crippen LogP contribution in [0, 0.1) is 6.92 Å². The summed E-state index contributed by atoms with van der Waals surface area (Å²) in [6.45, 7) is 1.94.